The second kappa shape index (κ2) is 7.37. The van der Waals surface area contributed by atoms with Crippen LogP contribution < -0.4 is 10.1 Å². The van der Waals surface area contributed by atoms with E-state index in [1.165, 1.54) is 0 Å². The fourth-order valence-electron chi connectivity index (χ4n) is 2.07. The molecule has 0 saturated heterocycles. The van der Waals surface area contributed by atoms with E-state index in [9.17, 15) is 0 Å². The van der Waals surface area contributed by atoms with E-state index in [2.05, 4.69) is 29.4 Å². The third-order valence-electron chi connectivity index (χ3n) is 3.18. The SMILES string of the molecule is C#CCC(NC)c1cccc(OCc2ccccc2)c1. The van der Waals surface area contributed by atoms with E-state index in [4.69, 9.17) is 11.2 Å². The van der Waals surface area contributed by atoms with Crippen molar-refractivity contribution in [2.75, 3.05) is 7.05 Å². The Balaban J connectivity index is 2.04. The number of benzene rings is 2. The van der Waals surface area contributed by atoms with E-state index < -0.39 is 0 Å². The zero-order valence-corrected chi connectivity index (χ0v) is 11.7. The molecule has 1 atom stereocenters. The Hall–Kier alpha value is -2.24. The van der Waals surface area contributed by atoms with Crippen LogP contribution in [0.4, 0.5) is 0 Å². The smallest absolute Gasteiger partial charge is 0.120 e. The van der Waals surface area contributed by atoms with Crippen molar-refractivity contribution in [3.63, 3.8) is 0 Å². The zero-order chi connectivity index (χ0) is 14.2. The van der Waals surface area contributed by atoms with Crippen LogP contribution in [-0.4, -0.2) is 7.05 Å². The summed E-state index contributed by atoms with van der Waals surface area (Å²) < 4.78 is 5.83. The standard InChI is InChI=1S/C18H19NO/c1-3-8-18(19-2)16-11-7-12-17(13-16)20-14-15-9-5-4-6-10-15/h1,4-7,9-13,18-19H,8,14H2,2H3. The van der Waals surface area contributed by atoms with Crippen LogP contribution in [0.25, 0.3) is 0 Å². The van der Waals surface area contributed by atoms with Gasteiger partial charge in [-0.1, -0.05) is 42.5 Å². The highest BCUT2D eigenvalue weighted by Gasteiger charge is 2.08. The van der Waals surface area contributed by atoms with Crippen molar-refractivity contribution < 1.29 is 4.74 Å². The van der Waals surface area contributed by atoms with Crippen LogP contribution >= 0.6 is 0 Å². The van der Waals surface area contributed by atoms with E-state index in [-0.39, 0.29) is 6.04 Å². The first-order valence-corrected chi connectivity index (χ1v) is 6.71. The Morgan fingerprint density at radius 1 is 1.15 bits per heavy atom. The molecule has 2 heteroatoms. The average Bonchev–Trinajstić information content (AvgIpc) is 2.52. The molecule has 2 rings (SSSR count). The molecular weight excluding hydrogens is 246 g/mol. The second-order valence-corrected chi connectivity index (χ2v) is 4.60. The summed E-state index contributed by atoms with van der Waals surface area (Å²) in [5, 5.41) is 3.22. The fraction of sp³-hybridized carbons (Fsp3) is 0.222. The molecule has 0 fully saturated rings. The van der Waals surface area contributed by atoms with Gasteiger partial charge in [-0.3, -0.25) is 0 Å². The first kappa shape index (κ1) is 14.2. The fourth-order valence-corrected chi connectivity index (χ4v) is 2.07. The van der Waals surface area contributed by atoms with Gasteiger partial charge in [-0.15, -0.1) is 12.3 Å². The topological polar surface area (TPSA) is 21.3 Å². The molecule has 0 aliphatic rings. The maximum absolute atomic E-state index is 5.83. The molecule has 1 N–H and O–H groups in total. The van der Waals surface area contributed by atoms with Gasteiger partial charge in [0.1, 0.15) is 12.4 Å². The maximum atomic E-state index is 5.83. The molecule has 0 heterocycles. The molecule has 0 saturated carbocycles. The van der Waals surface area contributed by atoms with Gasteiger partial charge in [0.2, 0.25) is 0 Å². The zero-order valence-electron chi connectivity index (χ0n) is 11.7. The lowest BCUT2D eigenvalue weighted by atomic mass is 10.0. The third kappa shape index (κ3) is 3.88. The van der Waals surface area contributed by atoms with Crippen molar-refractivity contribution in [2.24, 2.45) is 0 Å². The molecule has 0 aromatic heterocycles. The molecule has 0 spiro atoms. The molecule has 2 aromatic rings. The van der Waals surface area contributed by atoms with Gasteiger partial charge >= 0.3 is 0 Å². The highest BCUT2D eigenvalue weighted by molar-refractivity contribution is 5.31. The minimum Gasteiger partial charge on any atom is -0.489 e. The first-order chi connectivity index (χ1) is 9.83. The summed E-state index contributed by atoms with van der Waals surface area (Å²) in [5.74, 6) is 3.56. The van der Waals surface area contributed by atoms with E-state index in [1.54, 1.807) is 0 Å². The van der Waals surface area contributed by atoms with Crippen molar-refractivity contribution in [1.29, 1.82) is 0 Å². The summed E-state index contributed by atoms with van der Waals surface area (Å²) in [6, 6.07) is 18.4. The summed E-state index contributed by atoms with van der Waals surface area (Å²) in [5.41, 5.74) is 2.31. The van der Waals surface area contributed by atoms with Crippen molar-refractivity contribution in [3.8, 4) is 18.1 Å². The summed E-state index contributed by atoms with van der Waals surface area (Å²) in [6.07, 6.45) is 6.06. The van der Waals surface area contributed by atoms with Gasteiger partial charge < -0.3 is 10.1 Å². The Bertz CT molecular complexity index is 571. The van der Waals surface area contributed by atoms with Gasteiger partial charge in [0.05, 0.1) is 0 Å². The largest absolute Gasteiger partial charge is 0.489 e. The molecule has 20 heavy (non-hydrogen) atoms. The van der Waals surface area contributed by atoms with Gasteiger partial charge in [-0.2, -0.15) is 0 Å². The van der Waals surface area contributed by atoms with Gasteiger partial charge in [0, 0.05) is 12.5 Å². The normalized spacial score (nSPS) is 11.6. The molecule has 0 aliphatic heterocycles. The average molecular weight is 265 g/mol. The third-order valence-corrected chi connectivity index (χ3v) is 3.18. The monoisotopic (exact) mass is 265 g/mol. The lowest BCUT2D eigenvalue weighted by Gasteiger charge is -2.15. The Morgan fingerprint density at radius 2 is 1.95 bits per heavy atom. The summed E-state index contributed by atoms with van der Waals surface area (Å²) in [4.78, 5) is 0. The molecule has 0 radical (unpaired) electrons. The van der Waals surface area contributed by atoms with Gasteiger partial charge in [0.15, 0.2) is 0 Å². The van der Waals surface area contributed by atoms with Crippen molar-refractivity contribution in [3.05, 3.63) is 65.7 Å². The van der Waals surface area contributed by atoms with Gasteiger partial charge in [0.25, 0.3) is 0 Å². The van der Waals surface area contributed by atoms with Crippen LogP contribution in [0.1, 0.15) is 23.6 Å². The molecule has 2 aromatic carbocycles. The number of rotatable bonds is 6. The van der Waals surface area contributed by atoms with Crippen molar-refractivity contribution >= 4 is 0 Å². The van der Waals surface area contributed by atoms with E-state index in [0.29, 0.717) is 13.0 Å². The molecular formula is C18H19NO. The predicted octanol–water partition coefficient (Wildman–Crippen LogP) is 3.55. The van der Waals surface area contributed by atoms with Crippen LogP contribution in [0.15, 0.2) is 54.6 Å². The van der Waals surface area contributed by atoms with E-state index in [0.717, 1.165) is 16.9 Å². The Kier molecular flexibility index (Phi) is 5.23. The molecule has 0 aliphatic carbocycles. The predicted molar refractivity (Wildman–Crippen MR) is 82.5 cm³/mol. The lowest BCUT2D eigenvalue weighted by molar-refractivity contribution is 0.305. The highest BCUT2D eigenvalue weighted by Crippen LogP contribution is 2.21. The van der Waals surface area contributed by atoms with Crippen LogP contribution in [0.2, 0.25) is 0 Å². The number of hydrogen-bond donors (Lipinski definition) is 1. The van der Waals surface area contributed by atoms with E-state index in [1.807, 2.05) is 43.4 Å². The molecule has 102 valence electrons. The number of nitrogens with one attached hydrogen (secondary N) is 1. The number of terminal acetylenes is 1. The molecule has 0 bridgehead atoms. The van der Waals surface area contributed by atoms with Crippen LogP contribution in [0, 0.1) is 12.3 Å². The molecule has 0 amide bonds. The summed E-state index contributed by atoms with van der Waals surface area (Å²) >= 11 is 0. The first-order valence-electron chi connectivity index (χ1n) is 6.71. The second-order valence-electron chi connectivity index (χ2n) is 4.60. The summed E-state index contributed by atoms with van der Waals surface area (Å²) in [7, 11) is 1.92. The lowest BCUT2D eigenvalue weighted by Crippen LogP contribution is -2.15. The van der Waals surface area contributed by atoms with Gasteiger partial charge in [-0.05, 0) is 30.3 Å². The Morgan fingerprint density at radius 3 is 2.65 bits per heavy atom. The quantitative estimate of drug-likeness (QED) is 0.806. The van der Waals surface area contributed by atoms with Crippen molar-refractivity contribution in [1.82, 2.24) is 5.32 Å². The molecule has 1 unspecified atom stereocenters. The van der Waals surface area contributed by atoms with Crippen LogP contribution in [-0.2, 0) is 6.61 Å². The van der Waals surface area contributed by atoms with E-state index >= 15 is 0 Å². The van der Waals surface area contributed by atoms with Crippen LogP contribution in [0.3, 0.4) is 0 Å². The number of ether oxygens (including phenoxy) is 1. The highest BCUT2D eigenvalue weighted by atomic mass is 16.5. The van der Waals surface area contributed by atoms with Crippen LogP contribution in [0.5, 0.6) is 5.75 Å². The van der Waals surface area contributed by atoms with Gasteiger partial charge in [-0.25, -0.2) is 0 Å². The maximum Gasteiger partial charge on any atom is 0.120 e. The minimum absolute atomic E-state index is 0.167. The van der Waals surface area contributed by atoms with Crippen molar-refractivity contribution in [2.45, 2.75) is 19.1 Å². The minimum atomic E-state index is 0.167. The molecule has 2 nitrogen and oxygen atoms in total. The summed E-state index contributed by atoms with van der Waals surface area (Å²) in [6.45, 7) is 0.573. The number of hydrogen-bond acceptors (Lipinski definition) is 2. The Labute approximate surface area is 120 Å².